The van der Waals surface area contributed by atoms with Crippen LogP contribution in [0.1, 0.15) is 30.1 Å². The Morgan fingerprint density at radius 1 is 1.39 bits per heavy atom. The standard InChI is InChI=1S/C16H21ClFN3O2/c1-11-10-21(8-9-23-11)12-3-6-20(7-4-12)16(22)13-2-5-19-15(17)14(13)18/h2,5,11-12H,3-4,6-10H2,1H3/t11-/m1/s1. The normalized spacial score (nSPS) is 24.0. The molecule has 0 spiro atoms. The van der Waals surface area contributed by atoms with E-state index in [-0.39, 0.29) is 22.7 Å². The van der Waals surface area contributed by atoms with E-state index in [0.717, 1.165) is 32.5 Å². The first-order chi connectivity index (χ1) is 11.1. The Morgan fingerprint density at radius 3 is 2.83 bits per heavy atom. The summed E-state index contributed by atoms with van der Waals surface area (Å²) in [5.41, 5.74) is 0.00319. The molecule has 1 aromatic heterocycles. The van der Waals surface area contributed by atoms with Gasteiger partial charge in [-0.25, -0.2) is 9.37 Å². The van der Waals surface area contributed by atoms with Crippen molar-refractivity contribution in [2.45, 2.75) is 31.9 Å². The highest BCUT2D eigenvalue weighted by Gasteiger charge is 2.30. The lowest BCUT2D eigenvalue weighted by molar-refractivity contribution is -0.0423. The summed E-state index contributed by atoms with van der Waals surface area (Å²) in [6.45, 7) is 6.00. The molecule has 0 aromatic carbocycles. The van der Waals surface area contributed by atoms with Crippen LogP contribution in [0, 0.1) is 5.82 Å². The Hall–Kier alpha value is -1.24. The number of carbonyl (C=O) groups is 1. The summed E-state index contributed by atoms with van der Waals surface area (Å²) in [7, 11) is 0. The van der Waals surface area contributed by atoms with E-state index >= 15 is 0 Å². The maximum atomic E-state index is 14.0. The predicted molar refractivity (Wildman–Crippen MR) is 85.1 cm³/mol. The van der Waals surface area contributed by atoms with Crippen molar-refractivity contribution in [2.24, 2.45) is 0 Å². The van der Waals surface area contributed by atoms with Gasteiger partial charge in [-0.3, -0.25) is 9.69 Å². The number of piperidine rings is 1. The lowest BCUT2D eigenvalue weighted by Gasteiger charge is -2.41. The number of ether oxygens (including phenoxy) is 1. The highest BCUT2D eigenvalue weighted by atomic mass is 35.5. The molecular formula is C16H21ClFN3O2. The lowest BCUT2D eigenvalue weighted by Crippen LogP contribution is -2.51. The molecule has 1 atom stereocenters. The van der Waals surface area contributed by atoms with Crippen molar-refractivity contribution in [3.63, 3.8) is 0 Å². The number of nitrogens with zero attached hydrogens (tertiary/aromatic N) is 3. The number of rotatable bonds is 2. The van der Waals surface area contributed by atoms with E-state index in [2.05, 4.69) is 16.8 Å². The first-order valence-electron chi connectivity index (χ1n) is 8.01. The van der Waals surface area contributed by atoms with Gasteiger partial charge in [0.2, 0.25) is 0 Å². The van der Waals surface area contributed by atoms with Gasteiger partial charge in [0.1, 0.15) is 0 Å². The smallest absolute Gasteiger partial charge is 0.257 e. The number of aromatic nitrogens is 1. The Balaban J connectivity index is 1.60. The molecule has 2 aliphatic rings. The van der Waals surface area contributed by atoms with Gasteiger partial charge in [-0.1, -0.05) is 11.6 Å². The second-order valence-electron chi connectivity index (χ2n) is 6.16. The maximum absolute atomic E-state index is 14.0. The first-order valence-corrected chi connectivity index (χ1v) is 8.39. The average molecular weight is 342 g/mol. The summed E-state index contributed by atoms with van der Waals surface area (Å²) in [4.78, 5) is 20.3. The zero-order valence-electron chi connectivity index (χ0n) is 13.2. The molecule has 2 saturated heterocycles. The fourth-order valence-corrected chi connectivity index (χ4v) is 3.52. The second kappa shape index (κ2) is 7.11. The number of pyridine rings is 1. The number of hydrogen-bond acceptors (Lipinski definition) is 4. The van der Waals surface area contributed by atoms with Crippen molar-refractivity contribution >= 4 is 17.5 Å². The molecule has 23 heavy (non-hydrogen) atoms. The van der Waals surface area contributed by atoms with Crippen LogP contribution in [0.3, 0.4) is 0 Å². The summed E-state index contributed by atoms with van der Waals surface area (Å²) < 4.78 is 19.5. The monoisotopic (exact) mass is 341 g/mol. The Morgan fingerprint density at radius 2 is 2.13 bits per heavy atom. The quantitative estimate of drug-likeness (QED) is 0.774. The van der Waals surface area contributed by atoms with Crippen LogP contribution in [0.15, 0.2) is 12.3 Å². The molecule has 0 bridgehead atoms. The van der Waals surface area contributed by atoms with Gasteiger partial charge in [-0.05, 0) is 25.8 Å². The molecule has 0 N–H and O–H groups in total. The molecule has 2 fully saturated rings. The molecule has 1 aromatic rings. The number of hydrogen-bond donors (Lipinski definition) is 0. The molecule has 126 valence electrons. The van der Waals surface area contributed by atoms with E-state index in [1.54, 1.807) is 4.90 Å². The lowest BCUT2D eigenvalue weighted by atomic mass is 10.0. The third kappa shape index (κ3) is 3.65. The van der Waals surface area contributed by atoms with Crippen LogP contribution in [0.5, 0.6) is 0 Å². The van der Waals surface area contributed by atoms with E-state index in [0.29, 0.717) is 19.1 Å². The molecule has 1 amide bonds. The number of amides is 1. The molecule has 0 unspecified atom stereocenters. The van der Waals surface area contributed by atoms with Crippen LogP contribution in [0.25, 0.3) is 0 Å². The third-order valence-corrected chi connectivity index (χ3v) is 4.88. The average Bonchev–Trinajstić information content (AvgIpc) is 2.57. The fourth-order valence-electron chi connectivity index (χ4n) is 3.36. The van der Waals surface area contributed by atoms with E-state index in [9.17, 15) is 9.18 Å². The molecule has 0 saturated carbocycles. The van der Waals surface area contributed by atoms with E-state index in [4.69, 9.17) is 16.3 Å². The van der Waals surface area contributed by atoms with Crippen molar-refractivity contribution in [3.8, 4) is 0 Å². The van der Waals surface area contributed by atoms with Gasteiger partial charge in [-0.2, -0.15) is 0 Å². The Bertz CT molecular complexity index is 578. The van der Waals surface area contributed by atoms with Crippen molar-refractivity contribution in [2.75, 3.05) is 32.8 Å². The van der Waals surface area contributed by atoms with Crippen LogP contribution in [-0.2, 0) is 4.74 Å². The fraction of sp³-hybridized carbons (Fsp3) is 0.625. The van der Waals surface area contributed by atoms with Gasteiger partial charge >= 0.3 is 0 Å². The molecule has 7 heteroatoms. The highest BCUT2D eigenvalue weighted by molar-refractivity contribution is 6.29. The minimum atomic E-state index is -0.733. The maximum Gasteiger partial charge on any atom is 0.257 e. The second-order valence-corrected chi connectivity index (χ2v) is 6.52. The first kappa shape index (κ1) is 16.6. The number of carbonyl (C=O) groups excluding carboxylic acids is 1. The van der Waals surface area contributed by atoms with E-state index < -0.39 is 5.82 Å². The minimum Gasteiger partial charge on any atom is -0.376 e. The topological polar surface area (TPSA) is 45.7 Å². The molecule has 3 heterocycles. The molecular weight excluding hydrogens is 321 g/mol. The van der Waals surface area contributed by atoms with Crippen LogP contribution in [0.4, 0.5) is 4.39 Å². The van der Waals surface area contributed by atoms with Gasteiger partial charge in [0.15, 0.2) is 11.0 Å². The summed E-state index contributed by atoms with van der Waals surface area (Å²) in [6.07, 6.45) is 3.43. The van der Waals surface area contributed by atoms with Crippen molar-refractivity contribution in [3.05, 3.63) is 28.8 Å². The van der Waals surface area contributed by atoms with Crippen molar-refractivity contribution in [1.29, 1.82) is 0 Å². The summed E-state index contributed by atoms with van der Waals surface area (Å²) in [5.74, 6) is -1.04. The third-order valence-electron chi connectivity index (χ3n) is 4.62. The van der Waals surface area contributed by atoms with Gasteiger partial charge < -0.3 is 9.64 Å². The number of likely N-dealkylation sites (tertiary alicyclic amines) is 1. The van der Waals surface area contributed by atoms with Crippen molar-refractivity contribution < 1.29 is 13.9 Å². The van der Waals surface area contributed by atoms with Crippen LogP contribution >= 0.6 is 11.6 Å². The molecule has 2 aliphatic heterocycles. The van der Waals surface area contributed by atoms with Crippen molar-refractivity contribution in [1.82, 2.24) is 14.8 Å². The molecule has 3 rings (SSSR count). The number of morpholine rings is 1. The van der Waals surface area contributed by atoms with Gasteiger partial charge in [-0.15, -0.1) is 0 Å². The molecule has 5 nitrogen and oxygen atoms in total. The van der Waals surface area contributed by atoms with Crippen LogP contribution < -0.4 is 0 Å². The van der Waals surface area contributed by atoms with E-state index in [1.165, 1.54) is 12.3 Å². The molecule has 0 radical (unpaired) electrons. The summed E-state index contributed by atoms with van der Waals surface area (Å²) >= 11 is 5.66. The Kier molecular flexibility index (Phi) is 5.14. The largest absolute Gasteiger partial charge is 0.376 e. The van der Waals surface area contributed by atoms with Crippen LogP contribution in [0.2, 0.25) is 5.15 Å². The van der Waals surface area contributed by atoms with E-state index in [1.807, 2.05) is 0 Å². The SMILES string of the molecule is C[C@@H]1CN(C2CCN(C(=O)c3ccnc(Cl)c3F)CC2)CCO1. The summed E-state index contributed by atoms with van der Waals surface area (Å²) in [5, 5.41) is -0.256. The highest BCUT2D eigenvalue weighted by Crippen LogP contribution is 2.22. The number of halogens is 2. The Labute approximate surface area is 140 Å². The van der Waals surface area contributed by atoms with Crippen LogP contribution in [-0.4, -0.2) is 65.6 Å². The predicted octanol–water partition coefficient (Wildman–Crippen LogP) is 2.20. The van der Waals surface area contributed by atoms with Gasteiger partial charge in [0, 0.05) is 38.4 Å². The minimum absolute atomic E-state index is 0.00319. The van der Waals surface area contributed by atoms with Gasteiger partial charge in [0.25, 0.3) is 5.91 Å². The van der Waals surface area contributed by atoms with Gasteiger partial charge in [0.05, 0.1) is 18.3 Å². The molecule has 0 aliphatic carbocycles. The zero-order chi connectivity index (χ0) is 16.4. The summed E-state index contributed by atoms with van der Waals surface area (Å²) in [6, 6.07) is 1.86. The zero-order valence-corrected chi connectivity index (χ0v) is 13.9.